The van der Waals surface area contributed by atoms with E-state index >= 15 is 0 Å². The first-order chi connectivity index (χ1) is 11.7. The van der Waals surface area contributed by atoms with Crippen molar-refractivity contribution in [1.29, 1.82) is 0 Å². The van der Waals surface area contributed by atoms with Gasteiger partial charge in [0.05, 0.1) is 17.8 Å². The van der Waals surface area contributed by atoms with Crippen LogP contribution in [0.25, 0.3) is 10.8 Å². The monoisotopic (exact) mass is 382 g/mol. The molecule has 0 radical (unpaired) electrons. The first-order valence-electron chi connectivity index (χ1n) is 7.33. The van der Waals surface area contributed by atoms with Crippen molar-refractivity contribution in [3.05, 3.63) is 76.3 Å². The number of fused-ring (bicyclic) bond motifs is 1. The minimum atomic E-state index is -0.282. The molecule has 4 nitrogen and oxygen atoms in total. The second-order valence-electron chi connectivity index (χ2n) is 5.16. The molecule has 0 fully saturated rings. The minimum Gasteiger partial charge on any atom is -0.496 e. The Labute approximate surface area is 148 Å². The van der Waals surface area contributed by atoms with Crippen LogP contribution in [0.3, 0.4) is 0 Å². The summed E-state index contributed by atoms with van der Waals surface area (Å²) in [6.07, 6.45) is 1.63. The number of rotatable bonds is 4. The molecule has 0 spiro atoms. The smallest absolute Gasteiger partial charge is 0.271 e. The third kappa shape index (κ3) is 3.63. The molecular weight excluding hydrogens is 368 g/mol. The molecule has 0 aliphatic heterocycles. The normalized spacial score (nSPS) is 10.9. The Hall–Kier alpha value is -2.66. The summed E-state index contributed by atoms with van der Waals surface area (Å²) in [5, 5.41) is 6.33. The van der Waals surface area contributed by atoms with Crippen molar-refractivity contribution >= 4 is 38.8 Å². The van der Waals surface area contributed by atoms with Gasteiger partial charge in [-0.25, -0.2) is 5.43 Å². The molecule has 1 N–H and O–H groups in total. The van der Waals surface area contributed by atoms with Gasteiger partial charge in [0.15, 0.2) is 0 Å². The summed E-state index contributed by atoms with van der Waals surface area (Å²) in [5.41, 5.74) is 3.95. The van der Waals surface area contributed by atoms with Gasteiger partial charge in [-0.3, -0.25) is 4.79 Å². The molecule has 3 rings (SSSR count). The molecule has 0 aliphatic rings. The van der Waals surface area contributed by atoms with Crippen molar-refractivity contribution < 1.29 is 9.53 Å². The fourth-order valence-electron chi connectivity index (χ4n) is 2.33. The first-order valence-corrected chi connectivity index (χ1v) is 8.12. The fraction of sp³-hybridized carbons (Fsp3) is 0.0526. The Morgan fingerprint density at radius 1 is 1.08 bits per heavy atom. The molecule has 3 aromatic carbocycles. The Kier molecular flexibility index (Phi) is 4.91. The van der Waals surface area contributed by atoms with Crippen LogP contribution in [0.15, 0.2) is 70.2 Å². The van der Waals surface area contributed by atoms with Gasteiger partial charge in [0, 0.05) is 5.56 Å². The summed E-state index contributed by atoms with van der Waals surface area (Å²) >= 11 is 3.36. The van der Waals surface area contributed by atoms with E-state index in [2.05, 4.69) is 32.5 Å². The maximum Gasteiger partial charge on any atom is 0.271 e. The lowest BCUT2D eigenvalue weighted by atomic mass is 10.1. The fourth-order valence-corrected chi connectivity index (χ4v) is 2.87. The van der Waals surface area contributed by atoms with Gasteiger partial charge in [0.2, 0.25) is 0 Å². The zero-order valence-electron chi connectivity index (χ0n) is 13.0. The number of hydrazone groups is 1. The van der Waals surface area contributed by atoms with Crippen LogP contribution in [0, 0.1) is 0 Å². The van der Waals surface area contributed by atoms with Gasteiger partial charge in [-0.2, -0.15) is 5.10 Å². The minimum absolute atomic E-state index is 0.282. The van der Waals surface area contributed by atoms with Crippen LogP contribution in [0.5, 0.6) is 5.75 Å². The van der Waals surface area contributed by atoms with E-state index in [0.29, 0.717) is 11.3 Å². The highest BCUT2D eigenvalue weighted by atomic mass is 79.9. The van der Waals surface area contributed by atoms with Crippen molar-refractivity contribution in [2.24, 2.45) is 5.10 Å². The van der Waals surface area contributed by atoms with Crippen LogP contribution in [-0.4, -0.2) is 19.2 Å². The van der Waals surface area contributed by atoms with E-state index in [1.54, 1.807) is 31.5 Å². The molecule has 0 heterocycles. The Morgan fingerprint density at radius 3 is 2.62 bits per heavy atom. The van der Waals surface area contributed by atoms with E-state index in [4.69, 9.17) is 4.74 Å². The standard InChI is InChI=1S/C19H15BrN2O2/c1-24-18-9-8-16(11-17(18)20)19(23)22-21-12-13-6-7-14-4-2-3-5-15(14)10-13/h2-12H,1H3,(H,22,23)/b21-12+. The number of hydrogen-bond acceptors (Lipinski definition) is 3. The number of amides is 1. The second kappa shape index (κ2) is 7.27. The highest BCUT2D eigenvalue weighted by Gasteiger charge is 2.07. The number of hydrogen-bond donors (Lipinski definition) is 1. The van der Waals surface area contributed by atoms with Crippen LogP contribution < -0.4 is 10.2 Å². The molecule has 0 aliphatic carbocycles. The molecule has 0 saturated heterocycles. The molecular formula is C19H15BrN2O2. The van der Waals surface area contributed by atoms with Crippen LogP contribution >= 0.6 is 15.9 Å². The van der Waals surface area contributed by atoms with Gasteiger partial charge in [-0.1, -0.05) is 36.4 Å². The Balaban J connectivity index is 1.70. The molecule has 1 amide bonds. The average Bonchev–Trinajstić information content (AvgIpc) is 2.61. The Bertz CT molecular complexity index is 922. The van der Waals surface area contributed by atoms with Gasteiger partial charge >= 0.3 is 0 Å². The van der Waals surface area contributed by atoms with Crippen LogP contribution in [0.1, 0.15) is 15.9 Å². The van der Waals surface area contributed by atoms with Crippen molar-refractivity contribution in [1.82, 2.24) is 5.43 Å². The molecule has 3 aromatic rings. The van der Waals surface area contributed by atoms with E-state index in [1.165, 1.54) is 5.39 Å². The summed E-state index contributed by atoms with van der Waals surface area (Å²) in [5.74, 6) is 0.390. The van der Waals surface area contributed by atoms with Gasteiger partial charge < -0.3 is 4.74 Å². The summed E-state index contributed by atoms with van der Waals surface area (Å²) in [6, 6.07) is 19.2. The van der Waals surface area contributed by atoms with E-state index < -0.39 is 0 Å². The molecule has 0 saturated carbocycles. The number of halogens is 1. The van der Waals surface area contributed by atoms with Crippen molar-refractivity contribution in [2.75, 3.05) is 7.11 Å². The van der Waals surface area contributed by atoms with Gasteiger partial charge in [0.1, 0.15) is 5.75 Å². The maximum atomic E-state index is 12.1. The number of carbonyl (C=O) groups is 1. The van der Waals surface area contributed by atoms with E-state index in [0.717, 1.165) is 15.4 Å². The van der Waals surface area contributed by atoms with Gasteiger partial charge in [-0.05, 0) is 56.5 Å². The first kappa shape index (κ1) is 16.2. The van der Waals surface area contributed by atoms with Gasteiger partial charge in [-0.15, -0.1) is 0 Å². The number of benzene rings is 3. The molecule has 0 bridgehead atoms. The number of ether oxygens (including phenoxy) is 1. The summed E-state index contributed by atoms with van der Waals surface area (Å²) in [6.45, 7) is 0. The SMILES string of the molecule is COc1ccc(C(=O)N/N=C/c2ccc3ccccc3c2)cc1Br. The van der Waals surface area contributed by atoms with E-state index in [1.807, 2.05) is 36.4 Å². The lowest BCUT2D eigenvalue weighted by Gasteiger charge is -2.05. The molecule has 120 valence electrons. The zero-order valence-corrected chi connectivity index (χ0v) is 14.6. The lowest BCUT2D eigenvalue weighted by molar-refractivity contribution is 0.0955. The van der Waals surface area contributed by atoms with Crippen LogP contribution in [-0.2, 0) is 0 Å². The summed E-state index contributed by atoms with van der Waals surface area (Å²) < 4.78 is 5.86. The average molecular weight is 383 g/mol. The number of carbonyl (C=O) groups excluding carboxylic acids is 1. The van der Waals surface area contributed by atoms with Crippen LogP contribution in [0.2, 0.25) is 0 Å². The lowest BCUT2D eigenvalue weighted by Crippen LogP contribution is -2.17. The number of methoxy groups -OCH3 is 1. The summed E-state index contributed by atoms with van der Waals surface area (Å²) in [7, 11) is 1.58. The predicted octanol–water partition coefficient (Wildman–Crippen LogP) is 4.37. The zero-order chi connectivity index (χ0) is 16.9. The maximum absolute atomic E-state index is 12.1. The third-order valence-electron chi connectivity index (χ3n) is 3.57. The predicted molar refractivity (Wildman–Crippen MR) is 99.7 cm³/mol. The van der Waals surface area contributed by atoms with Crippen molar-refractivity contribution in [3.63, 3.8) is 0 Å². The number of nitrogens with zero attached hydrogens (tertiary/aromatic N) is 1. The van der Waals surface area contributed by atoms with E-state index in [-0.39, 0.29) is 5.91 Å². The van der Waals surface area contributed by atoms with Crippen molar-refractivity contribution in [3.8, 4) is 5.75 Å². The third-order valence-corrected chi connectivity index (χ3v) is 4.19. The summed E-state index contributed by atoms with van der Waals surface area (Å²) in [4.78, 5) is 12.1. The second-order valence-corrected chi connectivity index (χ2v) is 6.01. The number of nitrogens with one attached hydrogen (secondary N) is 1. The molecule has 0 aromatic heterocycles. The van der Waals surface area contributed by atoms with Crippen molar-refractivity contribution in [2.45, 2.75) is 0 Å². The molecule has 5 heteroatoms. The topological polar surface area (TPSA) is 50.7 Å². The largest absolute Gasteiger partial charge is 0.496 e. The molecule has 0 unspecified atom stereocenters. The highest BCUT2D eigenvalue weighted by Crippen LogP contribution is 2.25. The molecule has 0 atom stereocenters. The van der Waals surface area contributed by atoms with Gasteiger partial charge in [0.25, 0.3) is 5.91 Å². The quantitative estimate of drug-likeness (QED) is 0.537. The van der Waals surface area contributed by atoms with Crippen LogP contribution in [0.4, 0.5) is 0 Å². The van der Waals surface area contributed by atoms with E-state index in [9.17, 15) is 4.79 Å². The highest BCUT2D eigenvalue weighted by molar-refractivity contribution is 9.10. The molecule has 24 heavy (non-hydrogen) atoms. The Morgan fingerprint density at radius 2 is 1.88 bits per heavy atom.